The molecule has 0 spiro atoms. The summed E-state index contributed by atoms with van der Waals surface area (Å²) in [5, 5.41) is 1.63. The number of rotatable bonds is 2. The summed E-state index contributed by atoms with van der Waals surface area (Å²) in [5.41, 5.74) is 2.66. The minimum atomic E-state index is -4.91. The molecule has 21 heavy (non-hydrogen) atoms. The fraction of sp³-hybridized carbons (Fsp3) is 0.231. The lowest BCUT2D eigenvalue weighted by Gasteiger charge is -2.19. The maximum atomic E-state index is 13.0. The van der Waals surface area contributed by atoms with Gasteiger partial charge in [-0.3, -0.25) is 0 Å². The molecule has 2 N–H and O–H groups in total. The highest BCUT2D eigenvalue weighted by atomic mass is 32.1. The molecule has 0 aliphatic carbocycles. The van der Waals surface area contributed by atoms with Crippen LogP contribution in [0.5, 0.6) is 0 Å². The van der Waals surface area contributed by atoms with Crippen LogP contribution < -0.4 is 5.73 Å². The third-order valence-corrected chi connectivity index (χ3v) is 3.83. The number of hydrogen-bond donors (Lipinski definition) is 1. The number of hydrogen-bond acceptors (Lipinski definition) is 2. The van der Waals surface area contributed by atoms with Gasteiger partial charge in [-0.1, -0.05) is 12.1 Å². The quantitative estimate of drug-likeness (QED) is 0.786. The van der Waals surface area contributed by atoms with Crippen molar-refractivity contribution < 1.29 is 26.3 Å². The first-order chi connectivity index (χ1) is 9.60. The van der Waals surface area contributed by atoms with E-state index in [2.05, 4.69) is 0 Å². The van der Waals surface area contributed by atoms with Crippen molar-refractivity contribution in [2.24, 2.45) is 5.73 Å². The number of nitrogens with two attached hydrogens (primary N) is 1. The summed E-state index contributed by atoms with van der Waals surface area (Å²) in [7, 11) is 0. The van der Waals surface area contributed by atoms with Crippen LogP contribution in [0.25, 0.3) is 0 Å². The molecule has 1 aromatic carbocycles. The molecule has 0 unspecified atom stereocenters. The van der Waals surface area contributed by atoms with Crippen LogP contribution in [-0.4, -0.2) is 0 Å². The van der Waals surface area contributed by atoms with E-state index in [1.807, 2.05) is 0 Å². The maximum absolute atomic E-state index is 13.0. The number of halogens is 6. The van der Waals surface area contributed by atoms with E-state index in [1.54, 1.807) is 11.4 Å². The topological polar surface area (TPSA) is 26.0 Å². The average Bonchev–Trinajstić information content (AvgIpc) is 2.89. The SMILES string of the molecule is N[C@@H](c1cccs1)c1ccc(C(F)(F)F)cc1C(F)(F)F. The van der Waals surface area contributed by atoms with Crippen LogP contribution >= 0.6 is 11.3 Å². The van der Waals surface area contributed by atoms with Crippen molar-refractivity contribution in [3.63, 3.8) is 0 Å². The monoisotopic (exact) mass is 325 g/mol. The molecule has 0 radical (unpaired) electrons. The molecule has 114 valence electrons. The lowest BCUT2D eigenvalue weighted by Crippen LogP contribution is -2.19. The van der Waals surface area contributed by atoms with Crippen molar-refractivity contribution in [1.29, 1.82) is 0 Å². The minimum absolute atomic E-state index is 0.100. The zero-order chi connectivity index (χ0) is 15.8. The zero-order valence-electron chi connectivity index (χ0n) is 10.3. The summed E-state index contributed by atoms with van der Waals surface area (Å²) in [6.07, 6.45) is -9.75. The molecule has 1 atom stereocenters. The highest BCUT2D eigenvalue weighted by molar-refractivity contribution is 7.10. The number of thiophene rings is 1. The molecule has 0 saturated heterocycles. The largest absolute Gasteiger partial charge is 0.416 e. The Hall–Kier alpha value is -1.54. The van der Waals surface area contributed by atoms with Gasteiger partial charge in [0.25, 0.3) is 0 Å². The van der Waals surface area contributed by atoms with E-state index in [4.69, 9.17) is 5.73 Å². The van der Waals surface area contributed by atoms with Gasteiger partial charge in [0.2, 0.25) is 0 Å². The first-order valence-electron chi connectivity index (χ1n) is 5.68. The Kier molecular flexibility index (Phi) is 4.03. The Bertz CT molecular complexity index is 615. The molecule has 0 amide bonds. The van der Waals surface area contributed by atoms with Gasteiger partial charge >= 0.3 is 12.4 Å². The van der Waals surface area contributed by atoms with Crippen LogP contribution in [0.4, 0.5) is 26.3 Å². The van der Waals surface area contributed by atoms with Gasteiger partial charge in [-0.05, 0) is 29.1 Å². The van der Waals surface area contributed by atoms with Crippen LogP contribution in [0.2, 0.25) is 0 Å². The molecule has 1 aromatic heterocycles. The molecule has 1 heterocycles. The van der Waals surface area contributed by atoms with Crippen LogP contribution in [-0.2, 0) is 12.4 Å². The molecule has 8 heteroatoms. The Morgan fingerprint density at radius 2 is 1.62 bits per heavy atom. The Balaban J connectivity index is 2.56. The van der Waals surface area contributed by atoms with E-state index >= 15 is 0 Å². The molecule has 0 aliphatic rings. The predicted molar refractivity (Wildman–Crippen MR) is 66.8 cm³/mol. The van der Waals surface area contributed by atoms with Gasteiger partial charge in [0.15, 0.2) is 0 Å². The second-order valence-electron chi connectivity index (χ2n) is 4.29. The predicted octanol–water partition coefficient (Wildman–Crippen LogP) is 4.83. The molecular formula is C13H9F6NS. The summed E-state index contributed by atoms with van der Waals surface area (Å²) in [6.45, 7) is 0. The van der Waals surface area contributed by atoms with Crippen molar-refractivity contribution in [3.05, 3.63) is 57.3 Å². The third kappa shape index (κ3) is 3.38. The molecular weight excluding hydrogens is 316 g/mol. The molecule has 0 bridgehead atoms. The molecule has 1 nitrogen and oxygen atoms in total. The van der Waals surface area contributed by atoms with E-state index in [1.165, 1.54) is 6.07 Å². The lowest BCUT2D eigenvalue weighted by atomic mass is 9.97. The minimum Gasteiger partial charge on any atom is -0.320 e. The van der Waals surface area contributed by atoms with Crippen molar-refractivity contribution in [1.82, 2.24) is 0 Å². The summed E-state index contributed by atoms with van der Waals surface area (Å²) in [5.74, 6) is 0. The normalized spacial score (nSPS) is 14.2. The highest BCUT2D eigenvalue weighted by Crippen LogP contribution is 2.40. The van der Waals surface area contributed by atoms with Crippen LogP contribution in [0.15, 0.2) is 35.7 Å². The molecule has 0 fully saturated rings. The fourth-order valence-electron chi connectivity index (χ4n) is 1.87. The average molecular weight is 325 g/mol. The first kappa shape index (κ1) is 15.8. The molecule has 0 saturated carbocycles. The van der Waals surface area contributed by atoms with Gasteiger partial charge in [0, 0.05) is 4.88 Å². The maximum Gasteiger partial charge on any atom is 0.416 e. The standard InChI is InChI=1S/C13H9F6NS/c14-12(15,16)7-3-4-8(9(6-7)13(17,18)19)11(20)10-2-1-5-21-10/h1-6,11H,20H2/t11-/m1/s1. The summed E-state index contributed by atoms with van der Waals surface area (Å²) in [4.78, 5) is 0.445. The van der Waals surface area contributed by atoms with E-state index in [9.17, 15) is 26.3 Å². The van der Waals surface area contributed by atoms with Gasteiger partial charge < -0.3 is 5.73 Å². The van der Waals surface area contributed by atoms with Gasteiger partial charge in [-0.2, -0.15) is 26.3 Å². The van der Waals surface area contributed by atoms with Gasteiger partial charge in [-0.15, -0.1) is 11.3 Å². The van der Waals surface area contributed by atoms with Crippen molar-refractivity contribution in [2.45, 2.75) is 18.4 Å². The van der Waals surface area contributed by atoms with Gasteiger partial charge in [0.05, 0.1) is 17.2 Å². The first-order valence-corrected chi connectivity index (χ1v) is 6.56. The lowest BCUT2D eigenvalue weighted by molar-refractivity contribution is -0.143. The Morgan fingerprint density at radius 1 is 0.952 bits per heavy atom. The van der Waals surface area contributed by atoms with Crippen LogP contribution in [0, 0.1) is 0 Å². The smallest absolute Gasteiger partial charge is 0.320 e. The molecule has 2 aromatic rings. The number of benzene rings is 1. The summed E-state index contributed by atoms with van der Waals surface area (Å²) >= 11 is 1.14. The third-order valence-electron chi connectivity index (χ3n) is 2.87. The van der Waals surface area contributed by atoms with Crippen LogP contribution in [0.1, 0.15) is 27.6 Å². The summed E-state index contributed by atoms with van der Waals surface area (Å²) < 4.78 is 76.7. The van der Waals surface area contributed by atoms with Crippen molar-refractivity contribution >= 4 is 11.3 Å². The van der Waals surface area contributed by atoms with E-state index in [0.29, 0.717) is 10.9 Å². The van der Waals surface area contributed by atoms with Crippen molar-refractivity contribution in [3.8, 4) is 0 Å². The summed E-state index contributed by atoms with van der Waals surface area (Å²) in [6, 6.07) is 3.52. The van der Waals surface area contributed by atoms with Gasteiger partial charge in [0.1, 0.15) is 0 Å². The van der Waals surface area contributed by atoms with Gasteiger partial charge in [-0.25, -0.2) is 0 Å². The zero-order valence-corrected chi connectivity index (χ0v) is 11.1. The van der Waals surface area contributed by atoms with Crippen LogP contribution in [0.3, 0.4) is 0 Å². The fourth-order valence-corrected chi connectivity index (χ4v) is 2.62. The molecule has 2 rings (SSSR count). The highest BCUT2D eigenvalue weighted by Gasteiger charge is 2.39. The second-order valence-corrected chi connectivity index (χ2v) is 5.27. The number of alkyl halides is 6. The second kappa shape index (κ2) is 5.34. The van der Waals surface area contributed by atoms with E-state index < -0.39 is 29.5 Å². The van der Waals surface area contributed by atoms with E-state index in [0.717, 1.165) is 17.4 Å². The van der Waals surface area contributed by atoms with E-state index in [-0.39, 0.29) is 11.6 Å². The Labute approximate surface area is 120 Å². The Morgan fingerprint density at radius 3 is 2.10 bits per heavy atom. The van der Waals surface area contributed by atoms with Crippen molar-refractivity contribution in [2.75, 3.05) is 0 Å². The molecule has 0 aliphatic heterocycles.